The second kappa shape index (κ2) is 9.94. The zero-order chi connectivity index (χ0) is 25.2. The molecule has 2 aromatic carbocycles. The molecular formula is C28H32N2O5. The molecule has 0 saturated carbocycles. The normalized spacial score (nSPS) is 18.0. The number of esters is 1. The number of hydrogen-bond acceptors (Lipinski definition) is 5. The van der Waals surface area contributed by atoms with Crippen molar-refractivity contribution in [3.8, 4) is 0 Å². The Hall–Kier alpha value is -3.61. The zero-order valence-electron chi connectivity index (χ0n) is 20.7. The Morgan fingerprint density at radius 3 is 2.49 bits per heavy atom. The zero-order valence-corrected chi connectivity index (χ0v) is 20.7. The van der Waals surface area contributed by atoms with Crippen LogP contribution in [0.2, 0.25) is 0 Å². The van der Waals surface area contributed by atoms with E-state index in [1.807, 2.05) is 69.3 Å². The van der Waals surface area contributed by atoms with Crippen LogP contribution >= 0.6 is 0 Å². The third kappa shape index (κ3) is 5.56. The number of hydrogen-bond donors (Lipinski definition) is 1. The van der Waals surface area contributed by atoms with Gasteiger partial charge in [-0.15, -0.1) is 0 Å². The predicted molar refractivity (Wildman–Crippen MR) is 133 cm³/mol. The topological polar surface area (TPSA) is 88.7 Å². The molecule has 0 aliphatic carbocycles. The van der Waals surface area contributed by atoms with Crippen LogP contribution in [0.3, 0.4) is 0 Å². The summed E-state index contributed by atoms with van der Waals surface area (Å²) < 4.78 is 10.7. The van der Waals surface area contributed by atoms with E-state index in [0.717, 1.165) is 22.0 Å². The maximum absolute atomic E-state index is 13.7. The van der Waals surface area contributed by atoms with E-state index in [0.29, 0.717) is 25.3 Å². The Morgan fingerprint density at radius 2 is 1.80 bits per heavy atom. The SMILES string of the molecule is CCOC(=O)c1cc2cc(CC(=O)[C@@H]3[C@H](c4ccccc4)CCN3C(=O)OC(C)(C)C)ccc2[nH]1. The van der Waals surface area contributed by atoms with Gasteiger partial charge >= 0.3 is 12.1 Å². The van der Waals surface area contributed by atoms with E-state index in [1.165, 1.54) is 0 Å². The monoisotopic (exact) mass is 476 g/mol. The standard InChI is InChI=1S/C28H32N2O5/c1-5-34-26(32)23-17-20-15-18(11-12-22(20)29-23)16-24(31)25-21(19-9-7-6-8-10-19)13-14-30(25)27(33)35-28(2,3)4/h6-12,15,17,21,25,29H,5,13-14,16H2,1-4H3/t21-,25-/m0/s1. The fourth-order valence-corrected chi connectivity index (χ4v) is 4.68. The van der Waals surface area contributed by atoms with Crippen molar-refractivity contribution >= 4 is 28.7 Å². The van der Waals surface area contributed by atoms with Crippen molar-refractivity contribution in [2.24, 2.45) is 0 Å². The first-order chi connectivity index (χ1) is 16.7. The Morgan fingerprint density at radius 1 is 1.06 bits per heavy atom. The van der Waals surface area contributed by atoms with Gasteiger partial charge in [-0.25, -0.2) is 9.59 Å². The average Bonchev–Trinajstić information content (AvgIpc) is 3.43. The number of H-pyrrole nitrogens is 1. The molecule has 1 aliphatic heterocycles. The molecule has 1 aromatic heterocycles. The Labute approximate surface area is 205 Å². The summed E-state index contributed by atoms with van der Waals surface area (Å²) in [4.78, 5) is 43.4. The molecule has 0 unspecified atom stereocenters. The number of ketones is 1. The highest BCUT2D eigenvalue weighted by Crippen LogP contribution is 2.35. The summed E-state index contributed by atoms with van der Waals surface area (Å²) in [5.74, 6) is -0.545. The second-order valence-corrected chi connectivity index (χ2v) is 9.89. The van der Waals surface area contributed by atoms with E-state index >= 15 is 0 Å². The van der Waals surface area contributed by atoms with Crippen LogP contribution in [-0.2, 0) is 20.7 Å². The molecule has 184 valence electrons. The van der Waals surface area contributed by atoms with E-state index in [4.69, 9.17) is 9.47 Å². The maximum atomic E-state index is 13.7. The van der Waals surface area contributed by atoms with Crippen LogP contribution in [-0.4, -0.2) is 52.5 Å². The van der Waals surface area contributed by atoms with Crippen molar-refractivity contribution in [3.63, 3.8) is 0 Å². The molecule has 4 rings (SSSR count). The van der Waals surface area contributed by atoms with Gasteiger partial charge in [0, 0.05) is 29.8 Å². The molecule has 35 heavy (non-hydrogen) atoms. The fraction of sp³-hybridized carbons (Fsp3) is 0.393. The maximum Gasteiger partial charge on any atom is 0.410 e. The number of nitrogens with one attached hydrogen (secondary N) is 1. The number of Topliss-reactive ketones (excluding diaryl/α,β-unsaturated/α-hetero) is 1. The van der Waals surface area contributed by atoms with Crippen LogP contribution in [0.25, 0.3) is 10.9 Å². The van der Waals surface area contributed by atoms with Crippen LogP contribution in [0, 0.1) is 0 Å². The van der Waals surface area contributed by atoms with Crippen molar-refractivity contribution in [2.45, 2.75) is 58.1 Å². The van der Waals surface area contributed by atoms with Gasteiger partial charge in [-0.1, -0.05) is 36.4 Å². The summed E-state index contributed by atoms with van der Waals surface area (Å²) in [5, 5.41) is 0.827. The minimum atomic E-state index is -0.647. The van der Waals surface area contributed by atoms with Crippen molar-refractivity contribution in [3.05, 3.63) is 71.4 Å². The quantitative estimate of drug-likeness (QED) is 0.491. The number of benzene rings is 2. The van der Waals surface area contributed by atoms with Crippen LogP contribution in [0.1, 0.15) is 61.6 Å². The minimum Gasteiger partial charge on any atom is -0.461 e. The fourth-order valence-electron chi connectivity index (χ4n) is 4.68. The van der Waals surface area contributed by atoms with E-state index in [1.54, 1.807) is 17.9 Å². The molecule has 7 nitrogen and oxygen atoms in total. The van der Waals surface area contributed by atoms with Gasteiger partial charge in [0.25, 0.3) is 0 Å². The molecule has 1 amide bonds. The lowest BCUT2D eigenvalue weighted by Crippen LogP contribution is -2.45. The number of likely N-dealkylation sites (tertiary alicyclic amines) is 1. The lowest BCUT2D eigenvalue weighted by atomic mass is 9.87. The first-order valence-corrected chi connectivity index (χ1v) is 12.0. The molecule has 0 radical (unpaired) electrons. The van der Waals surface area contributed by atoms with Gasteiger partial charge in [0.2, 0.25) is 0 Å². The molecular weight excluding hydrogens is 444 g/mol. The summed E-state index contributed by atoms with van der Waals surface area (Å²) in [5.41, 5.74) is 2.38. The number of rotatable bonds is 6. The van der Waals surface area contributed by atoms with Gasteiger partial charge in [-0.2, -0.15) is 0 Å². The molecule has 1 saturated heterocycles. The number of ether oxygens (including phenoxy) is 2. The number of aromatic nitrogens is 1. The summed E-state index contributed by atoms with van der Waals surface area (Å²) in [6, 6.07) is 16.6. The molecule has 1 aliphatic rings. The third-order valence-corrected chi connectivity index (χ3v) is 6.14. The lowest BCUT2D eigenvalue weighted by molar-refractivity contribution is -0.123. The Balaban J connectivity index is 1.59. The van der Waals surface area contributed by atoms with Gasteiger partial charge in [0.15, 0.2) is 5.78 Å². The highest BCUT2D eigenvalue weighted by Gasteiger charge is 2.43. The van der Waals surface area contributed by atoms with Gasteiger partial charge in [-0.3, -0.25) is 9.69 Å². The van der Waals surface area contributed by atoms with Gasteiger partial charge in [0.05, 0.1) is 6.61 Å². The predicted octanol–water partition coefficient (Wildman–Crippen LogP) is 5.25. The third-order valence-electron chi connectivity index (χ3n) is 6.14. The Kier molecular flexibility index (Phi) is 6.96. The van der Waals surface area contributed by atoms with Gasteiger partial charge in [-0.05, 0) is 63.4 Å². The number of carbonyl (C=O) groups excluding carboxylic acids is 3. The Bertz CT molecular complexity index is 1230. The molecule has 1 N–H and O–H groups in total. The van der Waals surface area contributed by atoms with Crippen molar-refractivity contribution in [1.82, 2.24) is 9.88 Å². The highest BCUT2D eigenvalue weighted by molar-refractivity contribution is 5.96. The van der Waals surface area contributed by atoms with Gasteiger partial charge < -0.3 is 14.5 Å². The first-order valence-electron chi connectivity index (χ1n) is 12.0. The van der Waals surface area contributed by atoms with Crippen LogP contribution in [0.4, 0.5) is 4.79 Å². The number of carbonyl (C=O) groups is 3. The van der Waals surface area contributed by atoms with Gasteiger partial charge in [0.1, 0.15) is 17.3 Å². The summed E-state index contributed by atoms with van der Waals surface area (Å²) >= 11 is 0. The van der Waals surface area contributed by atoms with E-state index in [9.17, 15) is 14.4 Å². The molecule has 1 fully saturated rings. The number of nitrogens with zero attached hydrogens (tertiary/aromatic N) is 1. The largest absolute Gasteiger partial charge is 0.461 e. The van der Waals surface area contributed by atoms with Crippen molar-refractivity contribution < 1.29 is 23.9 Å². The average molecular weight is 477 g/mol. The van der Waals surface area contributed by atoms with Crippen LogP contribution in [0.15, 0.2) is 54.6 Å². The summed E-state index contributed by atoms with van der Waals surface area (Å²) in [6.45, 7) is 7.99. The van der Waals surface area contributed by atoms with Crippen molar-refractivity contribution in [1.29, 1.82) is 0 Å². The number of amides is 1. The molecule has 2 atom stereocenters. The van der Waals surface area contributed by atoms with E-state index in [2.05, 4.69) is 4.98 Å². The molecule has 3 aromatic rings. The highest BCUT2D eigenvalue weighted by atomic mass is 16.6. The smallest absolute Gasteiger partial charge is 0.410 e. The molecule has 2 heterocycles. The molecule has 0 bridgehead atoms. The van der Waals surface area contributed by atoms with E-state index < -0.39 is 23.7 Å². The van der Waals surface area contributed by atoms with Crippen molar-refractivity contribution in [2.75, 3.05) is 13.2 Å². The summed E-state index contributed by atoms with van der Waals surface area (Å²) in [6.07, 6.45) is 0.400. The van der Waals surface area contributed by atoms with E-state index in [-0.39, 0.29) is 18.1 Å². The number of fused-ring (bicyclic) bond motifs is 1. The lowest BCUT2D eigenvalue weighted by Gasteiger charge is -2.30. The first kappa shape index (κ1) is 24.5. The minimum absolute atomic E-state index is 0.0392. The summed E-state index contributed by atoms with van der Waals surface area (Å²) in [7, 11) is 0. The van der Waals surface area contributed by atoms with Crippen LogP contribution < -0.4 is 0 Å². The molecule has 0 spiro atoms. The number of aromatic amines is 1. The second-order valence-electron chi connectivity index (χ2n) is 9.89. The van der Waals surface area contributed by atoms with Crippen LogP contribution in [0.5, 0.6) is 0 Å². The molecule has 7 heteroatoms.